The van der Waals surface area contributed by atoms with Crippen molar-refractivity contribution in [3.05, 3.63) is 35.1 Å². The summed E-state index contributed by atoms with van der Waals surface area (Å²) < 4.78 is 0. The molecule has 0 amide bonds. The lowest BCUT2D eigenvalue weighted by molar-refractivity contribution is 0.102. The maximum absolute atomic E-state index is 12.7. The van der Waals surface area contributed by atoms with Gasteiger partial charge in [0.25, 0.3) is 0 Å². The van der Waals surface area contributed by atoms with Gasteiger partial charge in [-0.05, 0) is 44.0 Å². The Hall–Kier alpha value is -1.85. The van der Waals surface area contributed by atoms with Crippen molar-refractivity contribution in [2.45, 2.75) is 58.9 Å². The minimum absolute atomic E-state index is 0.0969. The molecule has 0 aliphatic carbocycles. The molecule has 3 rings (SSSR count). The molecule has 0 radical (unpaired) electrons. The molecular weight excluding hydrogens is 384 g/mol. The van der Waals surface area contributed by atoms with Crippen molar-refractivity contribution in [1.82, 2.24) is 14.9 Å². The van der Waals surface area contributed by atoms with Crippen molar-refractivity contribution in [2.75, 3.05) is 31.1 Å². The maximum Gasteiger partial charge on any atom is 0.223 e. The molecule has 5 nitrogen and oxygen atoms in total. The van der Waals surface area contributed by atoms with Crippen LogP contribution >= 0.6 is 11.6 Å². The van der Waals surface area contributed by atoms with Crippen LogP contribution in [-0.2, 0) is 0 Å². The topological polar surface area (TPSA) is 52.2 Å². The Morgan fingerprint density at radius 1 is 1.28 bits per heavy atom. The van der Waals surface area contributed by atoms with Gasteiger partial charge in [-0.2, -0.15) is 0 Å². The zero-order valence-corrected chi connectivity index (χ0v) is 18.7. The number of allylic oxidation sites excluding steroid dienone is 1. The molecule has 158 valence electrons. The second-order valence-corrected chi connectivity index (χ2v) is 8.49. The standard InChI is InChI=1S/C23H33ClN4O/c1-5-7-8-9-10-16(3)22(29)23-25-19-13-18(24)21(14-20(19)26-23)28-12-11-27(6-2)15-17(28)4/h13-14,17H,3,5-12,15H2,1-2,4H3,(H,25,26). The average Bonchev–Trinajstić information content (AvgIpc) is 3.12. The van der Waals surface area contributed by atoms with Crippen molar-refractivity contribution in [3.63, 3.8) is 0 Å². The molecule has 0 spiro atoms. The van der Waals surface area contributed by atoms with E-state index in [1.54, 1.807) is 0 Å². The quantitative estimate of drug-likeness (QED) is 0.335. The highest BCUT2D eigenvalue weighted by Gasteiger charge is 2.25. The number of hydrogen-bond donors (Lipinski definition) is 1. The normalized spacial score (nSPS) is 17.8. The number of likely N-dealkylation sites (N-methyl/N-ethyl adjacent to an activating group) is 1. The first-order valence-corrected chi connectivity index (χ1v) is 11.2. The maximum atomic E-state index is 12.7. The number of rotatable bonds is 9. The van der Waals surface area contributed by atoms with Crippen LogP contribution in [0.3, 0.4) is 0 Å². The van der Waals surface area contributed by atoms with Crippen molar-refractivity contribution >= 4 is 34.1 Å². The van der Waals surface area contributed by atoms with Crippen LogP contribution in [0.2, 0.25) is 5.02 Å². The molecule has 29 heavy (non-hydrogen) atoms. The number of aromatic amines is 1. The first-order chi connectivity index (χ1) is 13.9. The summed E-state index contributed by atoms with van der Waals surface area (Å²) in [6.07, 6.45) is 5.22. The molecule has 1 atom stereocenters. The average molecular weight is 417 g/mol. The van der Waals surface area contributed by atoms with E-state index in [1.165, 1.54) is 12.8 Å². The zero-order valence-electron chi connectivity index (χ0n) is 17.9. The highest BCUT2D eigenvalue weighted by Crippen LogP contribution is 2.33. The third kappa shape index (κ3) is 5.01. The molecule has 1 saturated heterocycles. The van der Waals surface area contributed by atoms with Crippen molar-refractivity contribution < 1.29 is 4.79 Å². The Morgan fingerprint density at radius 3 is 2.76 bits per heavy atom. The monoisotopic (exact) mass is 416 g/mol. The Morgan fingerprint density at radius 2 is 2.07 bits per heavy atom. The molecule has 1 N–H and O–H groups in total. The lowest BCUT2D eigenvalue weighted by Gasteiger charge is -2.41. The number of piperazine rings is 1. The smallest absolute Gasteiger partial charge is 0.223 e. The fraction of sp³-hybridized carbons (Fsp3) is 0.565. The number of H-pyrrole nitrogens is 1. The molecule has 0 saturated carbocycles. The predicted molar refractivity (Wildman–Crippen MR) is 122 cm³/mol. The number of carbonyl (C=O) groups is 1. The summed E-state index contributed by atoms with van der Waals surface area (Å²) in [6, 6.07) is 4.27. The molecular formula is C23H33ClN4O. The number of halogens is 1. The summed E-state index contributed by atoms with van der Waals surface area (Å²) in [5.74, 6) is 0.262. The van der Waals surface area contributed by atoms with Gasteiger partial charge in [0.2, 0.25) is 5.78 Å². The number of benzene rings is 1. The number of imidazole rings is 1. The third-order valence-corrected chi connectivity index (χ3v) is 6.19. The Balaban J connectivity index is 1.77. The fourth-order valence-corrected chi connectivity index (χ4v) is 4.34. The lowest BCUT2D eigenvalue weighted by Crippen LogP contribution is -2.51. The molecule has 1 aliphatic rings. The number of Topliss-reactive ketones (excluding diaryl/α,β-unsaturated/α-hetero) is 1. The van der Waals surface area contributed by atoms with Crippen LogP contribution in [0.5, 0.6) is 0 Å². The van der Waals surface area contributed by atoms with Crippen LogP contribution in [0.1, 0.15) is 63.5 Å². The van der Waals surface area contributed by atoms with E-state index in [4.69, 9.17) is 11.6 Å². The number of unbranched alkanes of at least 4 members (excludes halogenated alkanes) is 3. The molecule has 6 heteroatoms. The molecule has 1 unspecified atom stereocenters. The minimum atomic E-state index is -0.0969. The van der Waals surface area contributed by atoms with Gasteiger partial charge in [0.05, 0.1) is 21.7 Å². The van der Waals surface area contributed by atoms with Gasteiger partial charge in [0.1, 0.15) is 0 Å². The highest BCUT2D eigenvalue weighted by molar-refractivity contribution is 6.34. The molecule has 1 aliphatic heterocycles. The van der Waals surface area contributed by atoms with Gasteiger partial charge in [-0.15, -0.1) is 0 Å². The minimum Gasteiger partial charge on any atom is -0.365 e. The molecule has 1 fully saturated rings. The van der Waals surface area contributed by atoms with E-state index >= 15 is 0 Å². The molecule has 0 bridgehead atoms. The summed E-state index contributed by atoms with van der Waals surface area (Å²) >= 11 is 6.62. The molecule has 1 aromatic heterocycles. The van der Waals surface area contributed by atoms with Crippen LogP contribution in [0.15, 0.2) is 24.3 Å². The molecule has 2 heterocycles. The van der Waals surface area contributed by atoms with Gasteiger partial charge in [0.15, 0.2) is 5.82 Å². The highest BCUT2D eigenvalue weighted by atomic mass is 35.5. The third-order valence-electron chi connectivity index (χ3n) is 5.89. The zero-order chi connectivity index (χ0) is 21.0. The van der Waals surface area contributed by atoms with Crippen LogP contribution in [0.4, 0.5) is 5.69 Å². The first-order valence-electron chi connectivity index (χ1n) is 10.8. The Labute approximate surface area is 179 Å². The number of hydrogen-bond acceptors (Lipinski definition) is 4. The van der Waals surface area contributed by atoms with E-state index in [1.807, 2.05) is 12.1 Å². The Kier molecular flexibility index (Phi) is 7.36. The van der Waals surface area contributed by atoms with Gasteiger partial charge in [-0.3, -0.25) is 9.69 Å². The summed E-state index contributed by atoms with van der Waals surface area (Å²) in [5.41, 5.74) is 3.18. The number of nitrogens with zero attached hydrogens (tertiary/aromatic N) is 3. The van der Waals surface area contributed by atoms with Gasteiger partial charge in [-0.25, -0.2) is 4.98 Å². The number of fused-ring (bicyclic) bond motifs is 1. The van der Waals surface area contributed by atoms with Crippen LogP contribution in [0.25, 0.3) is 11.0 Å². The Bertz CT molecular complexity index is 875. The summed E-state index contributed by atoms with van der Waals surface area (Å²) in [7, 11) is 0. The number of nitrogens with one attached hydrogen (secondary N) is 1. The number of anilines is 1. The van der Waals surface area contributed by atoms with E-state index in [9.17, 15) is 4.79 Å². The molecule has 1 aromatic carbocycles. The van der Waals surface area contributed by atoms with Crippen LogP contribution < -0.4 is 4.90 Å². The van der Waals surface area contributed by atoms with Gasteiger partial charge < -0.3 is 9.88 Å². The predicted octanol–water partition coefficient (Wildman–Crippen LogP) is 5.46. The summed E-state index contributed by atoms with van der Waals surface area (Å²) in [5, 5.41) is 0.690. The van der Waals surface area contributed by atoms with Crippen molar-refractivity contribution in [3.8, 4) is 0 Å². The number of ketones is 1. The summed E-state index contributed by atoms with van der Waals surface area (Å²) in [6.45, 7) is 14.6. The number of aromatic nitrogens is 2. The second kappa shape index (κ2) is 9.77. The lowest BCUT2D eigenvalue weighted by atomic mass is 10.0. The fourth-order valence-electron chi connectivity index (χ4n) is 4.07. The van der Waals surface area contributed by atoms with Gasteiger partial charge >= 0.3 is 0 Å². The van der Waals surface area contributed by atoms with Crippen molar-refractivity contribution in [1.29, 1.82) is 0 Å². The van der Waals surface area contributed by atoms with E-state index in [-0.39, 0.29) is 5.78 Å². The first kappa shape index (κ1) is 21.8. The van der Waals surface area contributed by atoms with E-state index in [2.05, 4.69) is 47.1 Å². The van der Waals surface area contributed by atoms with E-state index < -0.39 is 0 Å². The summed E-state index contributed by atoms with van der Waals surface area (Å²) in [4.78, 5) is 25.2. The number of carbonyl (C=O) groups excluding carboxylic acids is 1. The van der Waals surface area contributed by atoms with Crippen molar-refractivity contribution in [2.24, 2.45) is 0 Å². The van der Waals surface area contributed by atoms with Crippen LogP contribution in [-0.4, -0.2) is 52.9 Å². The van der Waals surface area contributed by atoms with E-state index in [0.29, 0.717) is 22.5 Å². The largest absolute Gasteiger partial charge is 0.365 e. The van der Waals surface area contributed by atoms with Gasteiger partial charge in [-0.1, -0.05) is 51.3 Å². The van der Waals surface area contributed by atoms with Gasteiger partial charge in [0, 0.05) is 25.7 Å². The molecule has 2 aromatic rings. The van der Waals surface area contributed by atoms with Crippen LogP contribution in [0, 0.1) is 0 Å². The van der Waals surface area contributed by atoms with E-state index in [0.717, 1.165) is 62.2 Å². The second-order valence-electron chi connectivity index (χ2n) is 8.09. The SMILES string of the molecule is C=C(CCCCCC)C(=O)c1nc2cc(N3CCN(CC)CC3C)c(Cl)cc2[nH]1.